The van der Waals surface area contributed by atoms with E-state index in [0.717, 1.165) is 16.5 Å². The number of nitrogens with zero attached hydrogens (tertiary/aromatic N) is 1. The van der Waals surface area contributed by atoms with Gasteiger partial charge in [0.05, 0.1) is 12.0 Å². The van der Waals surface area contributed by atoms with E-state index in [-0.39, 0.29) is 5.92 Å². The van der Waals surface area contributed by atoms with Crippen LogP contribution < -0.4 is 0 Å². The number of fused-ring (bicyclic) bond motifs is 1. The number of hydrogen-bond donors (Lipinski definition) is 1. The second-order valence-corrected chi connectivity index (χ2v) is 3.72. The Kier molecular flexibility index (Phi) is 2.18. The maximum absolute atomic E-state index is 8.83. The number of hydrogen-bond acceptors (Lipinski definition) is 1. The Labute approximate surface area is 87.1 Å². The molecule has 2 aromatic rings. The molecule has 0 aliphatic rings. The van der Waals surface area contributed by atoms with Gasteiger partial charge in [0.1, 0.15) is 0 Å². The van der Waals surface area contributed by atoms with Gasteiger partial charge in [0.15, 0.2) is 0 Å². The zero-order valence-corrected chi connectivity index (χ0v) is 8.47. The average molecular weight is 205 g/mol. The van der Waals surface area contributed by atoms with Crippen LogP contribution in [0.25, 0.3) is 10.9 Å². The summed E-state index contributed by atoms with van der Waals surface area (Å²) in [6.45, 7) is 1.89. The lowest BCUT2D eigenvalue weighted by Gasteiger charge is -1.99. The van der Waals surface area contributed by atoms with Crippen molar-refractivity contribution in [3.8, 4) is 6.07 Å². The van der Waals surface area contributed by atoms with Gasteiger partial charge in [-0.25, -0.2) is 0 Å². The van der Waals surface area contributed by atoms with Crippen molar-refractivity contribution in [2.24, 2.45) is 0 Å². The Bertz CT molecular complexity index is 507. The van der Waals surface area contributed by atoms with Gasteiger partial charge in [-0.3, -0.25) is 0 Å². The molecule has 0 aliphatic carbocycles. The molecule has 0 saturated carbocycles. The van der Waals surface area contributed by atoms with E-state index in [1.165, 1.54) is 0 Å². The van der Waals surface area contributed by atoms with Crippen molar-refractivity contribution in [3.05, 3.63) is 35.0 Å². The van der Waals surface area contributed by atoms with Crippen LogP contribution in [-0.2, 0) is 0 Å². The molecule has 14 heavy (non-hydrogen) atoms. The van der Waals surface area contributed by atoms with Crippen LogP contribution in [0.5, 0.6) is 0 Å². The highest BCUT2D eigenvalue weighted by Crippen LogP contribution is 2.26. The normalized spacial score (nSPS) is 12.6. The first-order chi connectivity index (χ1) is 6.72. The number of rotatable bonds is 1. The van der Waals surface area contributed by atoms with E-state index in [9.17, 15) is 0 Å². The van der Waals surface area contributed by atoms with E-state index >= 15 is 0 Å². The molecule has 0 bridgehead atoms. The third-order valence-electron chi connectivity index (χ3n) is 2.34. The standard InChI is InChI=1S/C11H9ClN2/c1-7(5-13)10-6-14-11-4-8(12)2-3-9(10)11/h2-4,6-7,14H,1H3. The lowest BCUT2D eigenvalue weighted by atomic mass is 10.0. The molecule has 2 rings (SSSR count). The van der Waals surface area contributed by atoms with Crippen molar-refractivity contribution in [1.29, 1.82) is 5.26 Å². The summed E-state index contributed by atoms with van der Waals surface area (Å²) >= 11 is 5.86. The molecule has 0 fully saturated rings. The summed E-state index contributed by atoms with van der Waals surface area (Å²) in [6.07, 6.45) is 1.87. The molecule has 3 heteroatoms. The number of nitrogens with one attached hydrogen (secondary N) is 1. The van der Waals surface area contributed by atoms with Gasteiger partial charge in [0, 0.05) is 22.1 Å². The second kappa shape index (κ2) is 3.36. The van der Waals surface area contributed by atoms with Gasteiger partial charge in [-0.2, -0.15) is 5.26 Å². The van der Waals surface area contributed by atoms with Crippen molar-refractivity contribution < 1.29 is 0 Å². The Balaban J connectivity index is 2.65. The minimum atomic E-state index is -0.0927. The lowest BCUT2D eigenvalue weighted by Crippen LogP contribution is -1.85. The third-order valence-corrected chi connectivity index (χ3v) is 2.57. The average Bonchev–Trinajstić information content (AvgIpc) is 2.59. The summed E-state index contributed by atoms with van der Waals surface area (Å²) in [4.78, 5) is 3.11. The van der Waals surface area contributed by atoms with Crippen LogP contribution in [0.1, 0.15) is 18.4 Å². The molecule has 1 atom stereocenters. The van der Waals surface area contributed by atoms with Gasteiger partial charge in [-0.15, -0.1) is 0 Å². The first kappa shape index (κ1) is 9.11. The van der Waals surface area contributed by atoms with E-state index < -0.39 is 0 Å². The summed E-state index contributed by atoms with van der Waals surface area (Å²) in [6, 6.07) is 7.87. The number of halogens is 1. The molecule has 0 spiro atoms. The van der Waals surface area contributed by atoms with Crippen molar-refractivity contribution >= 4 is 22.5 Å². The number of nitriles is 1. The first-order valence-electron chi connectivity index (χ1n) is 4.38. The van der Waals surface area contributed by atoms with Gasteiger partial charge in [0.2, 0.25) is 0 Å². The van der Waals surface area contributed by atoms with Gasteiger partial charge in [-0.05, 0) is 24.6 Å². The number of aromatic nitrogens is 1. The molecule has 1 N–H and O–H groups in total. The third kappa shape index (κ3) is 1.36. The Morgan fingerprint density at radius 1 is 1.50 bits per heavy atom. The molecule has 0 saturated heterocycles. The van der Waals surface area contributed by atoms with Gasteiger partial charge < -0.3 is 4.98 Å². The van der Waals surface area contributed by atoms with Gasteiger partial charge in [-0.1, -0.05) is 17.7 Å². The number of aromatic amines is 1. The molecule has 0 radical (unpaired) electrons. The number of H-pyrrole nitrogens is 1. The largest absolute Gasteiger partial charge is 0.361 e. The molecule has 1 unspecified atom stereocenters. The molecule has 0 aliphatic heterocycles. The predicted octanol–water partition coefficient (Wildman–Crippen LogP) is 3.45. The highest BCUT2D eigenvalue weighted by Gasteiger charge is 2.09. The van der Waals surface area contributed by atoms with Crippen LogP contribution in [-0.4, -0.2) is 4.98 Å². The molecule has 1 heterocycles. The molecule has 1 aromatic heterocycles. The molecule has 2 nitrogen and oxygen atoms in total. The van der Waals surface area contributed by atoms with E-state index in [4.69, 9.17) is 16.9 Å². The predicted molar refractivity (Wildman–Crippen MR) is 57.3 cm³/mol. The topological polar surface area (TPSA) is 39.6 Å². The molecule has 70 valence electrons. The molecule has 1 aromatic carbocycles. The Morgan fingerprint density at radius 3 is 3.00 bits per heavy atom. The van der Waals surface area contributed by atoms with Crippen molar-refractivity contribution in [2.45, 2.75) is 12.8 Å². The molecular formula is C11H9ClN2. The van der Waals surface area contributed by atoms with Crippen LogP contribution in [0.3, 0.4) is 0 Å². The Hall–Kier alpha value is -1.46. The minimum Gasteiger partial charge on any atom is -0.361 e. The summed E-state index contributed by atoms with van der Waals surface area (Å²) in [7, 11) is 0. The fraction of sp³-hybridized carbons (Fsp3) is 0.182. The minimum absolute atomic E-state index is 0.0927. The maximum atomic E-state index is 8.83. The van der Waals surface area contributed by atoms with Crippen LogP contribution in [0.2, 0.25) is 5.02 Å². The monoisotopic (exact) mass is 204 g/mol. The zero-order chi connectivity index (χ0) is 10.1. The van der Waals surface area contributed by atoms with Gasteiger partial charge >= 0.3 is 0 Å². The summed E-state index contributed by atoms with van der Waals surface area (Å²) in [5.74, 6) is -0.0927. The quantitative estimate of drug-likeness (QED) is 0.760. The maximum Gasteiger partial charge on any atom is 0.0705 e. The fourth-order valence-electron chi connectivity index (χ4n) is 1.55. The van der Waals surface area contributed by atoms with Crippen LogP contribution in [0.15, 0.2) is 24.4 Å². The van der Waals surface area contributed by atoms with Crippen LogP contribution >= 0.6 is 11.6 Å². The van der Waals surface area contributed by atoms with Gasteiger partial charge in [0.25, 0.3) is 0 Å². The van der Waals surface area contributed by atoms with Crippen molar-refractivity contribution in [1.82, 2.24) is 4.98 Å². The van der Waals surface area contributed by atoms with E-state index in [2.05, 4.69) is 11.1 Å². The van der Waals surface area contributed by atoms with Crippen LogP contribution in [0, 0.1) is 11.3 Å². The zero-order valence-electron chi connectivity index (χ0n) is 7.71. The molecular weight excluding hydrogens is 196 g/mol. The first-order valence-corrected chi connectivity index (χ1v) is 4.76. The van der Waals surface area contributed by atoms with E-state index in [1.54, 1.807) is 0 Å². The van der Waals surface area contributed by atoms with Crippen molar-refractivity contribution in [2.75, 3.05) is 0 Å². The number of benzene rings is 1. The summed E-state index contributed by atoms with van der Waals surface area (Å²) < 4.78 is 0. The lowest BCUT2D eigenvalue weighted by molar-refractivity contribution is 0.993. The second-order valence-electron chi connectivity index (χ2n) is 3.28. The van der Waals surface area contributed by atoms with Crippen molar-refractivity contribution in [3.63, 3.8) is 0 Å². The van der Waals surface area contributed by atoms with E-state index in [0.29, 0.717) is 5.02 Å². The summed E-state index contributed by atoms with van der Waals surface area (Å²) in [5.41, 5.74) is 2.01. The summed E-state index contributed by atoms with van der Waals surface area (Å²) in [5, 5.41) is 10.6. The Morgan fingerprint density at radius 2 is 2.29 bits per heavy atom. The molecule has 0 amide bonds. The fourth-order valence-corrected chi connectivity index (χ4v) is 1.72. The smallest absolute Gasteiger partial charge is 0.0705 e. The van der Waals surface area contributed by atoms with Crippen LogP contribution in [0.4, 0.5) is 0 Å². The SMILES string of the molecule is CC(C#N)c1c[nH]c2cc(Cl)ccc12. The highest BCUT2D eigenvalue weighted by molar-refractivity contribution is 6.31. The van der Waals surface area contributed by atoms with E-state index in [1.807, 2.05) is 31.3 Å². The highest BCUT2D eigenvalue weighted by atomic mass is 35.5.